The van der Waals surface area contributed by atoms with E-state index in [1.165, 1.54) is 0 Å². The number of para-hydroxylation sites is 1. The van der Waals surface area contributed by atoms with Crippen molar-refractivity contribution >= 4 is 45.3 Å². The molecule has 1 saturated carbocycles. The molecule has 0 radical (unpaired) electrons. The predicted molar refractivity (Wildman–Crippen MR) is 208 cm³/mol. The van der Waals surface area contributed by atoms with E-state index in [1.54, 1.807) is 42.2 Å². The molecule has 8 rings (SSSR count). The minimum absolute atomic E-state index is 0.181. The van der Waals surface area contributed by atoms with Crippen LogP contribution >= 0.6 is 0 Å². The largest absolute Gasteiger partial charge is 0.434 e. The predicted octanol–water partition coefficient (Wildman–Crippen LogP) is 5.57. The lowest BCUT2D eigenvalue weighted by molar-refractivity contribution is -0.141. The Kier molecular flexibility index (Phi) is 10.2. The molecule has 1 aliphatic carbocycles. The molecule has 14 nitrogen and oxygen atoms in total. The second-order valence-corrected chi connectivity index (χ2v) is 16.5. The van der Waals surface area contributed by atoms with E-state index in [-0.39, 0.29) is 35.7 Å². The second-order valence-electron chi connectivity index (χ2n) is 16.5. The number of carbonyl (C=O) groups excluding carboxylic acids is 3. The molecule has 2 aromatic carbocycles. The van der Waals surface area contributed by atoms with Crippen molar-refractivity contribution in [1.29, 1.82) is 0 Å². The molecule has 0 spiro atoms. The Morgan fingerprint density at radius 3 is 2.38 bits per heavy atom. The van der Waals surface area contributed by atoms with E-state index in [1.807, 2.05) is 23.0 Å². The molecular formula is C41H46F3N9O5. The van der Waals surface area contributed by atoms with Crippen LogP contribution in [-0.4, -0.2) is 76.2 Å². The second kappa shape index (κ2) is 15.1. The lowest BCUT2D eigenvalue weighted by Crippen LogP contribution is -2.44. The van der Waals surface area contributed by atoms with Gasteiger partial charge in [-0.3, -0.25) is 33.5 Å². The maximum absolute atomic E-state index is 13.5. The third-order valence-electron chi connectivity index (χ3n) is 12.1. The van der Waals surface area contributed by atoms with Gasteiger partial charge in [0.25, 0.3) is 5.91 Å². The molecule has 3 aliphatic rings. The highest BCUT2D eigenvalue weighted by atomic mass is 19.4. The minimum atomic E-state index is -4.68. The number of aliphatic hydroxyl groups is 1. The molecule has 3 fully saturated rings. The zero-order chi connectivity index (χ0) is 41.1. The maximum Gasteiger partial charge on any atom is 0.434 e. The quantitative estimate of drug-likeness (QED) is 0.170. The summed E-state index contributed by atoms with van der Waals surface area (Å²) in [6.07, 6.45) is 4.93. The van der Waals surface area contributed by atoms with E-state index in [2.05, 4.69) is 31.6 Å². The number of hydrogen-bond donors (Lipinski definition) is 3. The van der Waals surface area contributed by atoms with Crippen LogP contribution in [0.25, 0.3) is 21.9 Å². The first-order chi connectivity index (χ1) is 27.5. The van der Waals surface area contributed by atoms with Gasteiger partial charge in [-0.05, 0) is 107 Å². The average Bonchev–Trinajstić information content (AvgIpc) is 3.72. The lowest BCUT2D eigenvalue weighted by Gasteiger charge is -2.37. The van der Waals surface area contributed by atoms with Crippen LogP contribution in [0.5, 0.6) is 0 Å². The first kappa shape index (κ1) is 39.4. The molecule has 3 amide bonds. The normalized spacial score (nSPS) is 21.5. The number of benzene rings is 2. The van der Waals surface area contributed by atoms with Crippen molar-refractivity contribution in [2.24, 2.45) is 13.0 Å². The summed E-state index contributed by atoms with van der Waals surface area (Å²) in [4.78, 5) is 60.5. The van der Waals surface area contributed by atoms with Crippen molar-refractivity contribution in [3.63, 3.8) is 0 Å². The zero-order valence-corrected chi connectivity index (χ0v) is 32.6. The lowest BCUT2D eigenvalue weighted by atomic mass is 9.84. The summed E-state index contributed by atoms with van der Waals surface area (Å²) in [6, 6.07) is 8.84. The fourth-order valence-electron chi connectivity index (χ4n) is 9.08. The van der Waals surface area contributed by atoms with E-state index in [4.69, 9.17) is 5.10 Å². The number of piperidine rings is 2. The van der Waals surface area contributed by atoms with Gasteiger partial charge in [0.2, 0.25) is 11.8 Å². The standard InChI is InChI=1S/C41H46F3N9O5/c1-40(2,58)28-18-29-25(17-30(28)47-37(55)31-19-46-34(20-45-31)41(42,43)44)22-52(49-29)26-9-7-23(8-10-26)21-51-15-13-24(14-16-51)27-5-4-6-32-36(27)50(3)39(57)53(32)33-11-12-35(54)48-38(33)56/h4-6,17-20,22-24,26,33,58H,7-16,21H2,1-3H3,(H,47,55)(H,48,54,56). The topological polar surface area (TPSA) is 169 Å². The summed E-state index contributed by atoms with van der Waals surface area (Å²) in [7, 11) is 1.75. The van der Waals surface area contributed by atoms with Crippen LogP contribution in [0.1, 0.15) is 111 Å². The van der Waals surface area contributed by atoms with Gasteiger partial charge in [0.05, 0.1) is 40.6 Å². The van der Waals surface area contributed by atoms with Crippen LogP contribution in [0.4, 0.5) is 18.9 Å². The summed E-state index contributed by atoms with van der Waals surface area (Å²) in [5, 5.41) is 21.7. The summed E-state index contributed by atoms with van der Waals surface area (Å²) in [6.45, 7) is 6.06. The van der Waals surface area contributed by atoms with Gasteiger partial charge < -0.3 is 15.3 Å². The van der Waals surface area contributed by atoms with E-state index < -0.39 is 35.3 Å². The molecule has 17 heteroatoms. The third-order valence-corrected chi connectivity index (χ3v) is 12.1. The molecule has 2 saturated heterocycles. The van der Waals surface area contributed by atoms with Crippen molar-refractivity contribution < 1.29 is 32.7 Å². The van der Waals surface area contributed by atoms with Crippen molar-refractivity contribution in [2.45, 2.75) is 95.0 Å². The first-order valence-corrected chi connectivity index (χ1v) is 19.8. The number of imide groups is 1. The molecule has 5 heterocycles. The Balaban J connectivity index is 0.891. The Morgan fingerprint density at radius 1 is 0.983 bits per heavy atom. The van der Waals surface area contributed by atoms with Crippen molar-refractivity contribution in [3.8, 4) is 0 Å². The van der Waals surface area contributed by atoms with Crippen LogP contribution in [0.2, 0.25) is 0 Å². The highest BCUT2D eigenvalue weighted by Gasteiger charge is 2.35. The number of nitrogens with one attached hydrogen (secondary N) is 2. The summed E-state index contributed by atoms with van der Waals surface area (Å²) in [5.74, 6) is -0.689. The Hall–Kier alpha value is -5.42. The van der Waals surface area contributed by atoms with Crippen LogP contribution in [0.15, 0.2) is 53.7 Å². The number of aryl methyl sites for hydroxylation is 1. The molecule has 1 unspecified atom stereocenters. The highest BCUT2D eigenvalue weighted by Crippen LogP contribution is 2.38. The fraction of sp³-hybridized carbons (Fsp3) is 0.488. The van der Waals surface area contributed by atoms with Gasteiger partial charge in [0, 0.05) is 42.8 Å². The SMILES string of the molecule is Cn1c(=O)n(C2CCC(=O)NC2=O)c2cccc(C3CCN(CC4CCC(n5cc6cc(NC(=O)c7cnc(C(F)(F)F)cn7)c(C(C)(C)O)cc6n5)CC4)CC3)c21. The van der Waals surface area contributed by atoms with Gasteiger partial charge >= 0.3 is 11.9 Å². The maximum atomic E-state index is 13.5. The summed E-state index contributed by atoms with van der Waals surface area (Å²) >= 11 is 0. The zero-order valence-electron chi connectivity index (χ0n) is 32.6. The van der Waals surface area contributed by atoms with Gasteiger partial charge in [-0.25, -0.2) is 14.8 Å². The van der Waals surface area contributed by atoms with Crippen LogP contribution in [0, 0.1) is 5.92 Å². The number of aromatic nitrogens is 6. The van der Waals surface area contributed by atoms with Gasteiger partial charge in [0.1, 0.15) is 11.7 Å². The number of imidazole rings is 1. The van der Waals surface area contributed by atoms with Crippen LogP contribution in [-0.2, 0) is 28.4 Å². The Morgan fingerprint density at radius 2 is 1.72 bits per heavy atom. The molecule has 5 aromatic rings. The monoisotopic (exact) mass is 801 g/mol. The van der Waals surface area contributed by atoms with Gasteiger partial charge in [0.15, 0.2) is 5.69 Å². The van der Waals surface area contributed by atoms with E-state index >= 15 is 0 Å². The van der Waals surface area contributed by atoms with Crippen LogP contribution in [0.3, 0.4) is 0 Å². The highest BCUT2D eigenvalue weighted by molar-refractivity contribution is 6.04. The molecule has 1 atom stereocenters. The fourth-order valence-corrected chi connectivity index (χ4v) is 9.08. The number of carbonyl (C=O) groups is 3. The molecule has 58 heavy (non-hydrogen) atoms. The number of anilines is 1. The van der Waals surface area contributed by atoms with E-state index in [9.17, 15) is 37.5 Å². The molecule has 2 aliphatic heterocycles. The number of rotatable bonds is 8. The summed E-state index contributed by atoms with van der Waals surface area (Å²) < 4.78 is 44.0. The number of likely N-dealkylation sites (tertiary alicyclic amines) is 1. The number of nitrogens with zero attached hydrogens (tertiary/aromatic N) is 7. The van der Waals surface area contributed by atoms with Crippen molar-refractivity contribution in [2.75, 3.05) is 25.0 Å². The average molecular weight is 802 g/mol. The van der Waals surface area contributed by atoms with Crippen molar-refractivity contribution in [1.82, 2.24) is 39.1 Å². The molecule has 3 N–H and O–H groups in total. The summed E-state index contributed by atoms with van der Waals surface area (Å²) in [5.41, 5.74) is 0.924. The first-order valence-electron chi connectivity index (χ1n) is 19.8. The molecule has 3 aromatic heterocycles. The van der Waals surface area contributed by atoms with Crippen LogP contribution < -0.4 is 16.3 Å². The van der Waals surface area contributed by atoms with E-state index in [0.29, 0.717) is 35.3 Å². The number of hydrogen-bond acceptors (Lipinski definition) is 9. The number of fused-ring (bicyclic) bond motifs is 2. The number of alkyl halides is 3. The van der Waals surface area contributed by atoms with Gasteiger partial charge in [-0.2, -0.15) is 18.3 Å². The smallest absolute Gasteiger partial charge is 0.386 e. The van der Waals surface area contributed by atoms with E-state index in [0.717, 1.165) is 86.3 Å². The molecular weight excluding hydrogens is 756 g/mol. The Bertz CT molecular complexity index is 2450. The van der Waals surface area contributed by atoms with Gasteiger partial charge in [-0.15, -0.1) is 0 Å². The number of halogens is 3. The number of amides is 3. The van der Waals surface area contributed by atoms with Gasteiger partial charge in [-0.1, -0.05) is 12.1 Å². The van der Waals surface area contributed by atoms with Crippen molar-refractivity contribution in [3.05, 3.63) is 81.9 Å². The Labute approximate surface area is 331 Å². The molecule has 0 bridgehead atoms. The third kappa shape index (κ3) is 7.64. The minimum Gasteiger partial charge on any atom is -0.386 e. The molecule has 306 valence electrons.